The maximum absolute atomic E-state index is 3.53. The molecule has 0 radical (unpaired) electrons. The Balaban J connectivity index is 3.48. The van der Waals surface area contributed by atoms with Crippen molar-refractivity contribution < 1.29 is 0 Å². The third-order valence-corrected chi connectivity index (χ3v) is 4.40. The van der Waals surface area contributed by atoms with Gasteiger partial charge >= 0.3 is 0 Å². The fourth-order valence-electron chi connectivity index (χ4n) is 2.75. The molecule has 0 heterocycles. The van der Waals surface area contributed by atoms with Crippen LogP contribution in [0.15, 0.2) is 0 Å². The van der Waals surface area contributed by atoms with Crippen LogP contribution in [0.2, 0.25) is 0 Å². The van der Waals surface area contributed by atoms with Crippen LogP contribution in [0.4, 0.5) is 0 Å². The minimum atomic E-state index is 1.09. The van der Waals surface area contributed by atoms with Gasteiger partial charge in [-0.15, -0.1) is 0 Å². The molecule has 0 saturated heterocycles. The first-order valence-corrected chi connectivity index (χ1v) is 10.6. The molecule has 3 nitrogen and oxygen atoms in total. The summed E-state index contributed by atoms with van der Waals surface area (Å²) < 4.78 is 0. The third-order valence-electron chi connectivity index (χ3n) is 4.40. The molecule has 23 heavy (non-hydrogen) atoms. The van der Waals surface area contributed by atoms with Crippen molar-refractivity contribution in [2.75, 3.05) is 19.6 Å². The molecule has 0 amide bonds. The molecule has 0 aliphatic rings. The summed E-state index contributed by atoms with van der Waals surface area (Å²) in [4.78, 5) is 0. The van der Waals surface area contributed by atoms with Crippen LogP contribution in [-0.2, 0) is 0 Å². The highest BCUT2D eigenvalue weighted by Gasteiger charge is 2.02. The topological polar surface area (TPSA) is 27.3 Å². The number of nitrogens with one attached hydrogen (secondary N) is 2. The first kappa shape index (κ1) is 22.9. The Kier molecular flexibility index (Phi) is 19.8. The molecule has 0 atom stereocenters. The summed E-state index contributed by atoms with van der Waals surface area (Å²) in [6.07, 6.45) is 19.1. The molecular weight excluding hydrogens is 282 g/mol. The molecule has 0 aromatic carbocycles. The van der Waals surface area contributed by atoms with Crippen LogP contribution in [-0.4, -0.2) is 24.8 Å². The molecule has 0 aromatic heterocycles. The van der Waals surface area contributed by atoms with Crippen molar-refractivity contribution in [2.45, 2.75) is 111 Å². The van der Waals surface area contributed by atoms with Crippen molar-refractivity contribution in [1.82, 2.24) is 16.0 Å². The van der Waals surface area contributed by atoms with Crippen LogP contribution in [0.25, 0.3) is 0 Å². The van der Waals surface area contributed by atoms with Gasteiger partial charge in [0.2, 0.25) is 0 Å². The lowest BCUT2D eigenvalue weighted by Gasteiger charge is -2.24. The van der Waals surface area contributed by atoms with E-state index in [1.54, 1.807) is 0 Å². The molecule has 3 heteroatoms. The number of hydrogen-bond donors (Lipinski definition) is 2. The second-order valence-corrected chi connectivity index (χ2v) is 6.86. The van der Waals surface area contributed by atoms with E-state index in [1.165, 1.54) is 89.9 Å². The molecule has 0 unspecified atom stereocenters. The summed E-state index contributed by atoms with van der Waals surface area (Å²) >= 11 is 0. The van der Waals surface area contributed by atoms with Crippen LogP contribution >= 0.6 is 0 Å². The van der Waals surface area contributed by atoms with Crippen molar-refractivity contribution in [1.29, 1.82) is 0 Å². The van der Waals surface area contributed by atoms with Gasteiger partial charge < -0.3 is 0 Å². The minimum Gasteiger partial charge on any atom is -0.242 e. The SMILES string of the molecule is CCCCCCCCCCCCN(NCCCC)NCCCC. The first-order chi connectivity index (χ1) is 11.3. The molecule has 0 fully saturated rings. The second kappa shape index (κ2) is 19.9. The molecule has 0 rings (SSSR count). The summed E-state index contributed by atoms with van der Waals surface area (Å²) in [5.41, 5.74) is 7.07. The predicted octanol–water partition coefficient (Wildman–Crippen LogP) is 5.82. The number of unbranched alkanes of at least 4 members (excludes halogenated alkanes) is 11. The van der Waals surface area contributed by atoms with E-state index in [0.29, 0.717) is 0 Å². The summed E-state index contributed by atoms with van der Waals surface area (Å²) in [5.74, 6) is 0. The van der Waals surface area contributed by atoms with Crippen molar-refractivity contribution in [3.05, 3.63) is 0 Å². The van der Waals surface area contributed by atoms with Crippen molar-refractivity contribution in [3.8, 4) is 0 Å². The normalized spacial score (nSPS) is 11.5. The molecule has 0 aromatic rings. The van der Waals surface area contributed by atoms with Gasteiger partial charge in [0.05, 0.1) is 0 Å². The predicted molar refractivity (Wildman–Crippen MR) is 104 cm³/mol. The van der Waals surface area contributed by atoms with E-state index in [1.807, 2.05) is 0 Å². The third kappa shape index (κ3) is 18.1. The highest BCUT2D eigenvalue weighted by atomic mass is 15.7. The molecule has 0 aliphatic heterocycles. The van der Waals surface area contributed by atoms with E-state index in [9.17, 15) is 0 Å². The molecule has 0 spiro atoms. The van der Waals surface area contributed by atoms with Gasteiger partial charge in [-0.3, -0.25) is 0 Å². The van der Waals surface area contributed by atoms with E-state index < -0.39 is 0 Å². The number of rotatable bonds is 19. The Morgan fingerprint density at radius 1 is 0.478 bits per heavy atom. The Morgan fingerprint density at radius 2 is 0.870 bits per heavy atom. The van der Waals surface area contributed by atoms with Gasteiger partial charge in [-0.05, 0) is 19.3 Å². The van der Waals surface area contributed by atoms with Gasteiger partial charge in [0, 0.05) is 19.6 Å². The van der Waals surface area contributed by atoms with Gasteiger partial charge in [0.15, 0.2) is 0 Å². The fourth-order valence-corrected chi connectivity index (χ4v) is 2.75. The van der Waals surface area contributed by atoms with Crippen molar-refractivity contribution in [2.24, 2.45) is 0 Å². The van der Waals surface area contributed by atoms with E-state index in [0.717, 1.165) is 19.6 Å². The maximum atomic E-state index is 3.53. The molecule has 0 saturated carbocycles. The van der Waals surface area contributed by atoms with E-state index in [4.69, 9.17) is 0 Å². The summed E-state index contributed by atoms with van der Waals surface area (Å²) in [6, 6.07) is 0. The van der Waals surface area contributed by atoms with Gasteiger partial charge in [-0.25, -0.2) is 10.9 Å². The smallest absolute Gasteiger partial charge is 0.0288 e. The van der Waals surface area contributed by atoms with E-state index in [2.05, 4.69) is 36.7 Å². The highest BCUT2D eigenvalue weighted by Crippen LogP contribution is 2.10. The number of hydrazine groups is 2. The Hall–Kier alpha value is -0.120. The average Bonchev–Trinajstić information content (AvgIpc) is 2.56. The minimum absolute atomic E-state index is 1.09. The lowest BCUT2D eigenvalue weighted by atomic mass is 10.1. The zero-order valence-corrected chi connectivity index (χ0v) is 16.5. The zero-order chi connectivity index (χ0) is 17.0. The molecule has 2 N–H and O–H groups in total. The van der Waals surface area contributed by atoms with Gasteiger partial charge in [-0.1, -0.05) is 91.4 Å². The Morgan fingerprint density at radius 3 is 1.30 bits per heavy atom. The van der Waals surface area contributed by atoms with Gasteiger partial charge in [-0.2, -0.15) is 5.12 Å². The van der Waals surface area contributed by atoms with Crippen LogP contribution in [0, 0.1) is 0 Å². The van der Waals surface area contributed by atoms with Crippen LogP contribution in [0.3, 0.4) is 0 Å². The second-order valence-electron chi connectivity index (χ2n) is 6.86. The maximum Gasteiger partial charge on any atom is 0.0288 e. The van der Waals surface area contributed by atoms with Crippen LogP contribution in [0.5, 0.6) is 0 Å². The largest absolute Gasteiger partial charge is 0.242 e. The summed E-state index contributed by atoms with van der Waals surface area (Å²) in [7, 11) is 0. The zero-order valence-electron chi connectivity index (χ0n) is 16.5. The van der Waals surface area contributed by atoms with Gasteiger partial charge in [0.1, 0.15) is 0 Å². The fraction of sp³-hybridized carbons (Fsp3) is 1.00. The van der Waals surface area contributed by atoms with E-state index >= 15 is 0 Å². The van der Waals surface area contributed by atoms with Crippen molar-refractivity contribution >= 4 is 0 Å². The lowest BCUT2D eigenvalue weighted by Crippen LogP contribution is -2.49. The molecule has 140 valence electrons. The summed E-state index contributed by atoms with van der Waals surface area (Å²) in [5, 5.41) is 2.25. The monoisotopic (exact) mass is 327 g/mol. The Bertz CT molecular complexity index is 199. The standard InChI is InChI=1S/C20H45N3/c1-4-7-10-11-12-13-14-15-16-17-20-23(21-18-8-5-2)22-19-9-6-3/h21-22H,4-20H2,1-3H3. The van der Waals surface area contributed by atoms with E-state index in [-0.39, 0.29) is 0 Å². The summed E-state index contributed by atoms with van der Waals surface area (Å²) in [6.45, 7) is 10.1. The molecule has 0 bridgehead atoms. The lowest BCUT2D eigenvalue weighted by molar-refractivity contribution is 0.109. The quantitative estimate of drug-likeness (QED) is 0.231. The first-order valence-electron chi connectivity index (χ1n) is 10.6. The molecular formula is C20H45N3. The number of nitrogens with zero attached hydrogens (tertiary/aromatic N) is 1. The van der Waals surface area contributed by atoms with Crippen LogP contribution in [0.1, 0.15) is 111 Å². The average molecular weight is 328 g/mol. The molecule has 0 aliphatic carbocycles. The van der Waals surface area contributed by atoms with Crippen LogP contribution < -0.4 is 10.9 Å². The highest BCUT2D eigenvalue weighted by molar-refractivity contribution is 4.52. The number of hydrogen-bond acceptors (Lipinski definition) is 3. The van der Waals surface area contributed by atoms with Crippen molar-refractivity contribution in [3.63, 3.8) is 0 Å². The van der Waals surface area contributed by atoms with Gasteiger partial charge in [0.25, 0.3) is 0 Å². The Labute approximate surface area is 146 Å².